The summed E-state index contributed by atoms with van der Waals surface area (Å²) in [7, 11) is 0. The predicted octanol–water partition coefficient (Wildman–Crippen LogP) is 2.23. The number of piperidine rings is 1. The fourth-order valence-electron chi connectivity index (χ4n) is 2.86. The summed E-state index contributed by atoms with van der Waals surface area (Å²) in [6.07, 6.45) is 3.45. The van der Waals surface area contributed by atoms with Crippen LogP contribution in [0.15, 0.2) is 24.3 Å². The van der Waals surface area contributed by atoms with Gasteiger partial charge in [0.2, 0.25) is 0 Å². The minimum absolute atomic E-state index is 0.697. The maximum Gasteiger partial charge on any atom is 0.0509 e. The van der Waals surface area contributed by atoms with E-state index in [0.717, 1.165) is 13.1 Å². The molecule has 2 unspecified atom stereocenters. The molecule has 1 aromatic rings. The molecule has 2 aliphatic rings. The van der Waals surface area contributed by atoms with E-state index >= 15 is 0 Å². The summed E-state index contributed by atoms with van der Waals surface area (Å²) >= 11 is 1.87. The van der Waals surface area contributed by atoms with Crippen LogP contribution in [-0.2, 0) is 0 Å². The number of nitrogens with one attached hydrogen (secondary N) is 1. The van der Waals surface area contributed by atoms with Gasteiger partial charge in [-0.25, -0.2) is 0 Å². The number of para-hydroxylation sites is 1. The predicted molar refractivity (Wildman–Crippen MR) is 66.5 cm³/mol. The minimum Gasteiger partial charge on any atom is -0.316 e. The van der Waals surface area contributed by atoms with Crippen LogP contribution in [0.3, 0.4) is 0 Å². The van der Waals surface area contributed by atoms with Gasteiger partial charge >= 0.3 is 0 Å². The second kappa shape index (κ2) is 3.72. The van der Waals surface area contributed by atoms with Crippen LogP contribution in [0.4, 0.5) is 5.69 Å². The summed E-state index contributed by atoms with van der Waals surface area (Å²) in [6.45, 7) is 2.30. The summed E-state index contributed by atoms with van der Waals surface area (Å²) in [6, 6.07) is 9.56. The number of benzene rings is 1. The van der Waals surface area contributed by atoms with Crippen LogP contribution in [0.25, 0.3) is 0 Å². The van der Waals surface area contributed by atoms with E-state index in [1.165, 1.54) is 17.7 Å². The highest BCUT2D eigenvalue weighted by molar-refractivity contribution is 8.00. The largest absolute Gasteiger partial charge is 0.316 e. The lowest BCUT2D eigenvalue weighted by atomic mass is 9.91. The molecule has 1 fully saturated rings. The third-order valence-corrected chi connectivity index (χ3v) is 4.38. The Morgan fingerprint density at radius 3 is 3.13 bits per heavy atom. The fraction of sp³-hybridized carbons (Fsp3) is 0.500. The highest BCUT2D eigenvalue weighted by atomic mass is 32.2. The van der Waals surface area contributed by atoms with Gasteiger partial charge in [-0.05, 0) is 24.6 Å². The van der Waals surface area contributed by atoms with Crippen molar-refractivity contribution in [3.8, 4) is 0 Å². The van der Waals surface area contributed by atoms with E-state index < -0.39 is 0 Å². The van der Waals surface area contributed by atoms with Crippen LogP contribution >= 0.6 is 11.9 Å². The number of hydrogen-bond acceptors (Lipinski definition) is 3. The molecule has 0 amide bonds. The molecule has 0 radical (unpaired) electrons. The topological polar surface area (TPSA) is 15.3 Å². The SMILES string of the molecule is CSN1c2ccccc2C2CNCCC21. The van der Waals surface area contributed by atoms with E-state index in [2.05, 4.69) is 40.1 Å². The van der Waals surface area contributed by atoms with Crippen molar-refractivity contribution in [1.82, 2.24) is 5.32 Å². The van der Waals surface area contributed by atoms with Crippen molar-refractivity contribution in [2.24, 2.45) is 0 Å². The Hall–Kier alpha value is -0.670. The van der Waals surface area contributed by atoms with E-state index in [0.29, 0.717) is 12.0 Å². The van der Waals surface area contributed by atoms with Crippen LogP contribution in [0.2, 0.25) is 0 Å². The normalized spacial score (nSPS) is 28.7. The summed E-state index contributed by atoms with van der Waals surface area (Å²) in [4.78, 5) is 0. The highest BCUT2D eigenvalue weighted by Gasteiger charge is 2.39. The Balaban J connectivity index is 2.05. The zero-order valence-electron chi connectivity index (χ0n) is 8.94. The lowest BCUT2D eigenvalue weighted by Crippen LogP contribution is -2.41. The molecule has 1 aromatic carbocycles. The van der Waals surface area contributed by atoms with E-state index in [4.69, 9.17) is 0 Å². The first-order valence-electron chi connectivity index (χ1n) is 5.55. The van der Waals surface area contributed by atoms with Crippen LogP contribution in [0.5, 0.6) is 0 Å². The average Bonchev–Trinajstić information content (AvgIpc) is 2.63. The first-order valence-corrected chi connectivity index (χ1v) is 6.73. The number of nitrogens with zero attached hydrogens (tertiary/aromatic N) is 1. The molecule has 1 saturated heterocycles. The van der Waals surface area contributed by atoms with Gasteiger partial charge < -0.3 is 9.62 Å². The minimum atomic E-state index is 0.697. The number of hydrogen-bond donors (Lipinski definition) is 1. The maximum atomic E-state index is 3.51. The molecular formula is C12H16N2S. The molecule has 2 heterocycles. The van der Waals surface area contributed by atoms with Crippen molar-refractivity contribution in [3.63, 3.8) is 0 Å². The zero-order valence-corrected chi connectivity index (χ0v) is 9.76. The van der Waals surface area contributed by atoms with Gasteiger partial charge in [-0.3, -0.25) is 0 Å². The Morgan fingerprint density at radius 1 is 1.40 bits per heavy atom. The Morgan fingerprint density at radius 2 is 2.27 bits per heavy atom. The van der Waals surface area contributed by atoms with Gasteiger partial charge in [0.05, 0.1) is 5.69 Å². The van der Waals surface area contributed by atoms with Gasteiger partial charge in [0, 0.05) is 24.8 Å². The maximum absolute atomic E-state index is 3.51. The van der Waals surface area contributed by atoms with Gasteiger partial charge in [-0.2, -0.15) is 0 Å². The van der Waals surface area contributed by atoms with E-state index in [1.54, 1.807) is 0 Å². The summed E-state index contributed by atoms with van der Waals surface area (Å²) in [5, 5.41) is 3.51. The number of fused-ring (bicyclic) bond motifs is 3. The van der Waals surface area contributed by atoms with Gasteiger partial charge in [0.15, 0.2) is 0 Å². The van der Waals surface area contributed by atoms with Gasteiger partial charge in [0.25, 0.3) is 0 Å². The van der Waals surface area contributed by atoms with Gasteiger partial charge in [-0.15, -0.1) is 0 Å². The summed E-state index contributed by atoms with van der Waals surface area (Å²) < 4.78 is 2.50. The van der Waals surface area contributed by atoms with Crippen molar-refractivity contribution < 1.29 is 0 Å². The molecule has 1 N–H and O–H groups in total. The Bertz CT molecular complexity index is 341. The molecule has 3 rings (SSSR count). The van der Waals surface area contributed by atoms with Crippen molar-refractivity contribution in [1.29, 1.82) is 0 Å². The van der Waals surface area contributed by atoms with Gasteiger partial charge in [0.1, 0.15) is 0 Å². The molecule has 3 heteroatoms. The molecule has 80 valence electrons. The zero-order chi connectivity index (χ0) is 10.3. The molecule has 2 aliphatic heterocycles. The first-order chi connectivity index (χ1) is 7.42. The summed E-state index contributed by atoms with van der Waals surface area (Å²) in [5.74, 6) is 0.697. The molecule has 2 nitrogen and oxygen atoms in total. The lowest BCUT2D eigenvalue weighted by Gasteiger charge is -2.32. The second-order valence-electron chi connectivity index (χ2n) is 4.23. The van der Waals surface area contributed by atoms with Crippen molar-refractivity contribution >= 4 is 17.6 Å². The first kappa shape index (κ1) is 9.55. The van der Waals surface area contributed by atoms with Crippen LogP contribution in [-0.4, -0.2) is 25.4 Å². The second-order valence-corrected chi connectivity index (χ2v) is 4.99. The summed E-state index contributed by atoms with van der Waals surface area (Å²) in [5.41, 5.74) is 2.97. The monoisotopic (exact) mass is 220 g/mol. The van der Waals surface area contributed by atoms with E-state index in [9.17, 15) is 0 Å². The van der Waals surface area contributed by atoms with Crippen molar-refractivity contribution in [2.75, 3.05) is 23.7 Å². The fourth-order valence-corrected chi connectivity index (χ4v) is 3.74. The van der Waals surface area contributed by atoms with Crippen LogP contribution in [0.1, 0.15) is 17.9 Å². The van der Waals surface area contributed by atoms with Crippen LogP contribution in [0, 0.1) is 0 Å². The average molecular weight is 220 g/mol. The van der Waals surface area contributed by atoms with Crippen LogP contribution < -0.4 is 9.62 Å². The molecule has 0 aliphatic carbocycles. The standard InChI is InChI=1S/C12H16N2S/c1-15-14-11-5-3-2-4-9(11)10-8-13-7-6-12(10)14/h2-5,10,12-13H,6-8H2,1H3. The third kappa shape index (κ3) is 1.37. The molecule has 15 heavy (non-hydrogen) atoms. The Kier molecular flexibility index (Phi) is 2.37. The Labute approximate surface area is 95.2 Å². The van der Waals surface area contributed by atoms with E-state index in [1.807, 2.05) is 11.9 Å². The van der Waals surface area contributed by atoms with Gasteiger partial charge in [-0.1, -0.05) is 30.1 Å². The molecule has 0 spiro atoms. The van der Waals surface area contributed by atoms with E-state index in [-0.39, 0.29) is 0 Å². The van der Waals surface area contributed by atoms with Crippen molar-refractivity contribution in [2.45, 2.75) is 18.4 Å². The smallest absolute Gasteiger partial charge is 0.0509 e. The molecule has 0 bridgehead atoms. The lowest BCUT2D eigenvalue weighted by molar-refractivity contribution is 0.428. The molecule has 0 saturated carbocycles. The number of anilines is 1. The molecule has 2 atom stereocenters. The van der Waals surface area contributed by atoms with Crippen molar-refractivity contribution in [3.05, 3.63) is 29.8 Å². The number of rotatable bonds is 1. The molecule has 0 aromatic heterocycles. The highest BCUT2D eigenvalue weighted by Crippen LogP contribution is 2.45. The third-order valence-electron chi connectivity index (χ3n) is 3.52. The molecular weight excluding hydrogens is 204 g/mol. The quantitative estimate of drug-likeness (QED) is 0.731.